The number of aromatic nitrogens is 1. The number of nitrogens with one attached hydrogen (secondary N) is 1. The van der Waals surface area contributed by atoms with Crippen LogP contribution in [0.2, 0.25) is 0 Å². The van der Waals surface area contributed by atoms with Crippen LogP contribution >= 0.6 is 0 Å². The lowest BCUT2D eigenvalue weighted by Gasteiger charge is -2.19. The first-order valence-corrected chi connectivity index (χ1v) is 8.29. The number of carbonyl (C=O) groups excluding carboxylic acids is 1. The molecule has 0 spiro atoms. The third-order valence-corrected chi connectivity index (χ3v) is 3.78. The van der Waals surface area contributed by atoms with Crippen molar-refractivity contribution >= 4 is 17.4 Å². The van der Waals surface area contributed by atoms with Gasteiger partial charge in [0, 0.05) is 31.5 Å². The van der Waals surface area contributed by atoms with E-state index in [1.54, 1.807) is 6.20 Å². The fourth-order valence-corrected chi connectivity index (χ4v) is 2.57. The molecule has 0 aliphatic rings. The molecule has 1 amide bonds. The summed E-state index contributed by atoms with van der Waals surface area (Å²) in [5, 5.41) is 2.94. The van der Waals surface area contributed by atoms with Gasteiger partial charge in [0.05, 0.1) is 5.56 Å². The van der Waals surface area contributed by atoms with Crippen LogP contribution in [0.4, 0.5) is 11.5 Å². The van der Waals surface area contributed by atoms with E-state index in [2.05, 4.69) is 40.0 Å². The lowest BCUT2D eigenvalue weighted by Crippen LogP contribution is -2.23. The zero-order valence-electron chi connectivity index (χ0n) is 14.9. The minimum Gasteiger partial charge on any atom is -0.357 e. The molecule has 0 unspecified atom stereocenters. The van der Waals surface area contributed by atoms with E-state index in [0.717, 1.165) is 36.7 Å². The van der Waals surface area contributed by atoms with Crippen LogP contribution < -0.4 is 10.2 Å². The molecule has 0 saturated carbocycles. The summed E-state index contributed by atoms with van der Waals surface area (Å²) in [6.45, 7) is 6.81. The summed E-state index contributed by atoms with van der Waals surface area (Å²) in [6, 6.07) is 11.6. The zero-order chi connectivity index (χ0) is 17.5. The monoisotopic (exact) mass is 326 g/mol. The van der Waals surface area contributed by atoms with Crippen LogP contribution in [0.3, 0.4) is 0 Å². The van der Waals surface area contributed by atoms with Crippen LogP contribution in [0.5, 0.6) is 0 Å². The fourth-order valence-electron chi connectivity index (χ4n) is 2.57. The molecule has 1 heterocycles. The van der Waals surface area contributed by atoms with Gasteiger partial charge in [0.25, 0.3) is 5.91 Å². The lowest BCUT2D eigenvalue weighted by atomic mass is 10.2. The fraction of sp³-hybridized carbons (Fsp3) is 0.368. The van der Waals surface area contributed by atoms with E-state index in [0.29, 0.717) is 5.56 Å². The Morgan fingerprint density at radius 2 is 1.88 bits per heavy atom. The number of rotatable bonds is 7. The molecule has 128 valence electrons. The van der Waals surface area contributed by atoms with Crippen LogP contribution in [0, 0.1) is 0 Å². The van der Waals surface area contributed by atoms with Gasteiger partial charge in [-0.3, -0.25) is 4.79 Å². The van der Waals surface area contributed by atoms with Gasteiger partial charge >= 0.3 is 0 Å². The molecule has 24 heavy (non-hydrogen) atoms. The minimum atomic E-state index is -0.143. The van der Waals surface area contributed by atoms with E-state index >= 15 is 0 Å². The van der Waals surface area contributed by atoms with Crippen LogP contribution in [0.1, 0.15) is 29.8 Å². The van der Waals surface area contributed by atoms with Gasteiger partial charge in [0.15, 0.2) is 0 Å². The first-order chi connectivity index (χ1) is 11.5. The largest absolute Gasteiger partial charge is 0.357 e. The van der Waals surface area contributed by atoms with Gasteiger partial charge in [-0.2, -0.15) is 0 Å². The van der Waals surface area contributed by atoms with Crippen LogP contribution in [-0.2, 0) is 6.54 Å². The standard InChI is InChI=1S/C19H26N4O/c1-5-23(6-2)18-11-10-16(13-20-18)19(24)21-17-9-7-8-15(12-17)14-22(3)4/h7-13H,5-6,14H2,1-4H3,(H,21,24). The summed E-state index contributed by atoms with van der Waals surface area (Å²) < 4.78 is 0. The van der Waals surface area contributed by atoms with E-state index in [9.17, 15) is 4.79 Å². The Hall–Kier alpha value is -2.40. The Kier molecular flexibility index (Phi) is 6.32. The Morgan fingerprint density at radius 3 is 2.46 bits per heavy atom. The number of benzene rings is 1. The quantitative estimate of drug-likeness (QED) is 0.848. The molecule has 0 aliphatic heterocycles. The predicted molar refractivity (Wildman–Crippen MR) is 99.6 cm³/mol. The number of nitrogens with zero attached hydrogens (tertiary/aromatic N) is 3. The van der Waals surface area contributed by atoms with Crippen LogP contribution in [0.15, 0.2) is 42.6 Å². The van der Waals surface area contributed by atoms with E-state index in [1.165, 1.54) is 0 Å². The Morgan fingerprint density at radius 1 is 1.12 bits per heavy atom. The summed E-state index contributed by atoms with van der Waals surface area (Å²) in [5.74, 6) is 0.750. The normalized spacial score (nSPS) is 10.7. The molecule has 0 saturated heterocycles. The van der Waals surface area contributed by atoms with Crippen molar-refractivity contribution in [2.75, 3.05) is 37.4 Å². The third-order valence-electron chi connectivity index (χ3n) is 3.78. The maximum Gasteiger partial charge on any atom is 0.257 e. The Balaban J connectivity index is 2.07. The molecule has 0 fully saturated rings. The highest BCUT2D eigenvalue weighted by molar-refractivity contribution is 6.04. The first-order valence-electron chi connectivity index (χ1n) is 8.29. The molecule has 2 aromatic rings. The Labute approximate surface area is 144 Å². The summed E-state index contributed by atoms with van der Waals surface area (Å²) in [6.07, 6.45) is 1.63. The Bertz CT molecular complexity index is 663. The summed E-state index contributed by atoms with van der Waals surface area (Å²) in [4.78, 5) is 21.0. The van der Waals surface area contributed by atoms with E-state index in [-0.39, 0.29) is 5.91 Å². The minimum absolute atomic E-state index is 0.143. The van der Waals surface area contributed by atoms with E-state index in [4.69, 9.17) is 0 Å². The zero-order valence-corrected chi connectivity index (χ0v) is 14.9. The number of amides is 1. The van der Waals surface area contributed by atoms with Crippen molar-refractivity contribution in [3.63, 3.8) is 0 Å². The van der Waals surface area contributed by atoms with Gasteiger partial charge in [-0.15, -0.1) is 0 Å². The van der Waals surface area contributed by atoms with Crippen LogP contribution in [0.25, 0.3) is 0 Å². The number of carbonyl (C=O) groups is 1. The van der Waals surface area contributed by atoms with Crippen molar-refractivity contribution in [3.8, 4) is 0 Å². The summed E-state index contributed by atoms with van der Waals surface area (Å²) >= 11 is 0. The average Bonchev–Trinajstić information content (AvgIpc) is 2.56. The second-order valence-electron chi connectivity index (χ2n) is 5.97. The SMILES string of the molecule is CCN(CC)c1ccc(C(=O)Nc2cccc(CN(C)C)c2)cn1. The number of anilines is 2. The van der Waals surface area contributed by atoms with Crippen LogP contribution in [-0.4, -0.2) is 43.0 Å². The first kappa shape index (κ1) is 17.9. The third kappa shape index (κ3) is 4.80. The molecule has 0 atom stereocenters. The highest BCUT2D eigenvalue weighted by Crippen LogP contribution is 2.15. The maximum absolute atomic E-state index is 12.4. The highest BCUT2D eigenvalue weighted by atomic mass is 16.1. The second kappa shape index (κ2) is 8.45. The topological polar surface area (TPSA) is 48.5 Å². The molecular weight excluding hydrogens is 300 g/mol. The lowest BCUT2D eigenvalue weighted by molar-refractivity contribution is 0.102. The molecule has 1 aromatic heterocycles. The molecule has 1 N–H and O–H groups in total. The number of hydrogen-bond donors (Lipinski definition) is 1. The number of hydrogen-bond acceptors (Lipinski definition) is 4. The van der Waals surface area contributed by atoms with Crippen molar-refractivity contribution in [2.24, 2.45) is 0 Å². The highest BCUT2D eigenvalue weighted by Gasteiger charge is 2.09. The molecule has 0 aliphatic carbocycles. The van der Waals surface area contributed by atoms with Gasteiger partial charge in [-0.1, -0.05) is 12.1 Å². The molecule has 0 bridgehead atoms. The van der Waals surface area contributed by atoms with Gasteiger partial charge in [-0.05, 0) is 57.8 Å². The van der Waals surface area contributed by atoms with Crippen molar-refractivity contribution in [1.29, 1.82) is 0 Å². The van der Waals surface area contributed by atoms with Gasteiger partial charge in [0.2, 0.25) is 0 Å². The molecule has 1 aromatic carbocycles. The molecule has 2 rings (SSSR count). The predicted octanol–water partition coefficient (Wildman–Crippen LogP) is 3.24. The van der Waals surface area contributed by atoms with E-state index < -0.39 is 0 Å². The maximum atomic E-state index is 12.4. The molecule has 5 heteroatoms. The average molecular weight is 326 g/mol. The summed E-state index contributed by atoms with van der Waals surface area (Å²) in [5.41, 5.74) is 2.52. The van der Waals surface area contributed by atoms with Crippen molar-refractivity contribution in [3.05, 3.63) is 53.7 Å². The summed E-state index contributed by atoms with van der Waals surface area (Å²) in [7, 11) is 4.04. The molecular formula is C19H26N4O. The van der Waals surface area contributed by atoms with Crippen molar-refractivity contribution in [1.82, 2.24) is 9.88 Å². The van der Waals surface area contributed by atoms with Crippen molar-refractivity contribution in [2.45, 2.75) is 20.4 Å². The second-order valence-corrected chi connectivity index (χ2v) is 5.97. The molecule has 5 nitrogen and oxygen atoms in total. The van der Waals surface area contributed by atoms with Gasteiger partial charge in [0.1, 0.15) is 5.82 Å². The molecule has 0 radical (unpaired) electrons. The smallest absolute Gasteiger partial charge is 0.257 e. The van der Waals surface area contributed by atoms with Gasteiger partial charge in [-0.25, -0.2) is 4.98 Å². The van der Waals surface area contributed by atoms with Crippen molar-refractivity contribution < 1.29 is 4.79 Å². The van der Waals surface area contributed by atoms with E-state index in [1.807, 2.05) is 44.4 Å². The van der Waals surface area contributed by atoms with Gasteiger partial charge < -0.3 is 15.1 Å². The number of pyridine rings is 1.